The molecule has 6 heteroatoms. The Kier molecular flexibility index (Phi) is 11.2. The molecule has 0 N–H and O–H groups in total. The third-order valence-corrected chi connectivity index (χ3v) is 14.3. The van der Waals surface area contributed by atoms with Crippen LogP contribution in [0.5, 0.6) is 0 Å². The maximum atomic E-state index is 13.1. The number of hydrogen-bond donors (Lipinski definition) is 0. The molecule has 9 atom stereocenters. The van der Waals surface area contributed by atoms with Crippen LogP contribution in [0.1, 0.15) is 125 Å². The summed E-state index contributed by atoms with van der Waals surface area (Å²) in [6.45, 7) is 10.7. The number of fused-ring (bicyclic) bond motifs is 5. The molecule has 54 heavy (non-hydrogen) atoms. The minimum absolute atomic E-state index is 0.0904. The molecule has 7 rings (SSSR count). The molecule has 4 aliphatic carbocycles. The molecule has 4 aliphatic rings. The highest BCUT2D eigenvalue weighted by Crippen LogP contribution is 2.67. The van der Waals surface area contributed by atoms with Gasteiger partial charge in [-0.1, -0.05) is 105 Å². The molecule has 6 nitrogen and oxygen atoms in total. The Morgan fingerprint density at radius 2 is 1.41 bits per heavy atom. The third-order valence-electron chi connectivity index (χ3n) is 14.3. The van der Waals surface area contributed by atoms with E-state index in [1.165, 1.54) is 49.8 Å². The molecule has 0 heterocycles. The predicted molar refractivity (Wildman–Crippen MR) is 211 cm³/mol. The SMILES string of the molecule is CC(=O)O[C@@H]1CC2=CCC3C4CC[C@H]([C@H](C)CCCOC(=O)c5ccc(C(c6ccccc6)c6ccccc6)cc5)[C@@]4(C)CCC3[C@@]2(C)[C@@H](OC(C)=O)C1. The zero-order chi connectivity index (χ0) is 38.0. The van der Waals surface area contributed by atoms with Gasteiger partial charge in [-0.2, -0.15) is 0 Å². The fourth-order valence-corrected chi connectivity index (χ4v) is 11.9. The Hall–Kier alpha value is -4.19. The smallest absolute Gasteiger partial charge is 0.338 e. The van der Waals surface area contributed by atoms with Crippen molar-refractivity contribution >= 4 is 17.9 Å². The van der Waals surface area contributed by atoms with E-state index in [1.54, 1.807) is 0 Å². The lowest BCUT2D eigenvalue weighted by molar-refractivity contribution is -0.172. The van der Waals surface area contributed by atoms with Gasteiger partial charge in [-0.05, 0) is 109 Å². The fourth-order valence-electron chi connectivity index (χ4n) is 11.9. The molecule has 0 saturated heterocycles. The van der Waals surface area contributed by atoms with Gasteiger partial charge in [-0.25, -0.2) is 4.79 Å². The summed E-state index contributed by atoms with van der Waals surface area (Å²) >= 11 is 0. The van der Waals surface area contributed by atoms with Gasteiger partial charge in [-0.3, -0.25) is 9.59 Å². The molecule has 0 amide bonds. The van der Waals surface area contributed by atoms with Crippen molar-refractivity contribution in [1.82, 2.24) is 0 Å². The van der Waals surface area contributed by atoms with Gasteiger partial charge in [0.05, 0.1) is 12.2 Å². The fraction of sp³-hybridized carbons (Fsp3) is 0.521. The normalized spacial score (nSPS) is 30.6. The van der Waals surface area contributed by atoms with Crippen LogP contribution in [0.2, 0.25) is 0 Å². The first-order valence-corrected chi connectivity index (χ1v) is 20.4. The summed E-state index contributed by atoms with van der Waals surface area (Å²) in [6, 6.07) is 28.9. The summed E-state index contributed by atoms with van der Waals surface area (Å²) in [6.07, 6.45) is 10.9. The Balaban J connectivity index is 0.950. The number of carbonyl (C=O) groups excluding carboxylic acids is 3. The highest BCUT2D eigenvalue weighted by atomic mass is 16.6. The number of benzene rings is 3. The quantitative estimate of drug-likeness (QED) is 0.0643. The van der Waals surface area contributed by atoms with Gasteiger partial charge in [-0.15, -0.1) is 0 Å². The van der Waals surface area contributed by atoms with Gasteiger partial charge in [0, 0.05) is 38.0 Å². The molecule has 0 bridgehead atoms. The van der Waals surface area contributed by atoms with Gasteiger partial charge in [0.25, 0.3) is 0 Å². The molecule has 3 aromatic rings. The van der Waals surface area contributed by atoms with E-state index in [0.717, 1.165) is 37.7 Å². The molecule has 0 aromatic heterocycles. The van der Waals surface area contributed by atoms with Crippen LogP contribution in [0, 0.1) is 40.4 Å². The average molecular weight is 731 g/mol. The van der Waals surface area contributed by atoms with Crippen molar-refractivity contribution < 1.29 is 28.6 Å². The van der Waals surface area contributed by atoms with E-state index in [2.05, 4.69) is 87.5 Å². The lowest BCUT2D eigenvalue weighted by Crippen LogP contribution is -2.57. The zero-order valence-electron chi connectivity index (χ0n) is 32.8. The lowest BCUT2D eigenvalue weighted by atomic mass is 9.46. The van der Waals surface area contributed by atoms with E-state index in [-0.39, 0.29) is 46.9 Å². The third kappa shape index (κ3) is 7.42. The molecule has 0 spiro atoms. The molecular weight excluding hydrogens is 673 g/mol. The van der Waals surface area contributed by atoms with Crippen molar-refractivity contribution in [3.05, 3.63) is 119 Å². The number of esters is 3. The summed E-state index contributed by atoms with van der Waals surface area (Å²) in [4.78, 5) is 37.3. The second kappa shape index (κ2) is 15.9. The van der Waals surface area contributed by atoms with E-state index in [4.69, 9.17) is 14.2 Å². The standard InChI is InChI=1S/C48H58O6/c1-31(13-12-28-52-46(51)37-20-18-36(19-21-37)45(34-14-8-6-9-15-34)35-16-10-7-11-17-35)41-24-25-42-40-23-22-38-29-39(53-32(2)49)30-44(54-33(3)50)48(38,5)43(40)26-27-47(41,42)4/h6-11,14-22,31,39-45H,12-13,23-30H2,1-5H3/t31-,39-,40?,41-,42?,43?,44+,47-,48+/m1/s1. The number of hydrogen-bond acceptors (Lipinski definition) is 6. The molecule has 3 unspecified atom stereocenters. The molecule has 286 valence electrons. The number of ether oxygens (including phenoxy) is 3. The maximum absolute atomic E-state index is 13.1. The monoisotopic (exact) mass is 730 g/mol. The van der Waals surface area contributed by atoms with Crippen molar-refractivity contribution in [2.75, 3.05) is 6.61 Å². The minimum Gasteiger partial charge on any atom is -0.462 e. The molecule has 3 aromatic carbocycles. The van der Waals surface area contributed by atoms with Gasteiger partial charge < -0.3 is 14.2 Å². The van der Waals surface area contributed by atoms with Gasteiger partial charge in [0.2, 0.25) is 0 Å². The highest BCUT2D eigenvalue weighted by Gasteiger charge is 2.62. The summed E-state index contributed by atoms with van der Waals surface area (Å²) < 4.78 is 17.6. The second-order valence-electron chi connectivity index (χ2n) is 17.3. The zero-order valence-corrected chi connectivity index (χ0v) is 32.8. The van der Waals surface area contributed by atoms with Gasteiger partial charge >= 0.3 is 17.9 Å². The van der Waals surface area contributed by atoms with Crippen LogP contribution in [0.15, 0.2) is 96.6 Å². The van der Waals surface area contributed by atoms with Crippen LogP contribution >= 0.6 is 0 Å². The minimum atomic E-state index is -0.284. The topological polar surface area (TPSA) is 78.9 Å². The van der Waals surface area contributed by atoms with E-state index in [0.29, 0.717) is 48.2 Å². The molecular formula is C48H58O6. The summed E-state index contributed by atoms with van der Waals surface area (Å²) in [5, 5.41) is 0. The largest absolute Gasteiger partial charge is 0.462 e. The van der Waals surface area contributed by atoms with Gasteiger partial charge in [0.15, 0.2) is 0 Å². The molecule has 0 aliphatic heterocycles. The van der Waals surface area contributed by atoms with Crippen molar-refractivity contribution in [3.8, 4) is 0 Å². The van der Waals surface area contributed by atoms with Crippen LogP contribution < -0.4 is 0 Å². The van der Waals surface area contributed by atoms with E-state index in [9.17, 15) is 14.4 Å². The summed E-state index contributed by atoms with van der Waals surface area (Å²) in [5.74, 6) is 2.10. The number of allylic oxidation sites excluding steroid dienone is 1. The van der Waals surface area contributed by atoms with Crippen LogP contribution in [-0.4, -0.2) is 36.7 Å². The number of rotatable bonds is 11. The van der Waals surface area contributed by atoms with Crippen molar-refractivity contribution in [3.63, 3.8) is 0 Å². The first-order valence-electron chi connectivity index (χ1n) is 20.4. The van der Waals surface area contributed by atoms with E-state index >= 15 is 0 Å². The van der Waals surface area contributed by atoms with Crippen molar-refractivity contribution in [2.24, 2.45) is 40.4 Å². The summed E-state index contributed by atoms with van der Waals surface area (Å²) in [7, 11) is 0. The summed E-state index contributed by atoms with van der Waals surface area (Å²) in [5.41, 5.74) is 5.52. The van der Waals surface area contributed by atoms with Crippen LogP contribution in [0.25, 0.3) is 0 Å². The average Bonchev–Trinajstić information content (AvgIpc) is 3.52. The Morgan fingerprint density at radius 3 is 2.04 bits per heavy atom. The Morgan fingerprint density at radius 1 is 0.778 bits per heavy atom. The predicted octanol–water partition coefficient (Wildman–Crippen LogP) is 10.5. The van der Waals surface area contributed by atoms with Gasteiger partial charge in [0.1, 0.15) is 12.2 Å². The molecule has 3 fully saturated rings. The number of carbonyl (C=O) groups is 3. The van der Waals surface area contributed by atoms with Crippen molar-refractivity contribution in [2.45, 2.75) is 111 Å². The Bertz CT molecular complexity index is 1780. The highest BCUT2D eigenvalue weighted by molar-refractivity contribution is 5.89. The lowest BCUT2D eigenvalue weighted by Gasteiger charge is -2.60. The molecule has 3 saturated carbocycles. The Labute approximate surface area is 322 Å². The van der Waals surface area contributed by atoms with Crippen LogP contribution in [0.3, 0.4) is 0 Å². The molecule has 0 radical (unpaired) electrons. The van der Waals surface area contributed by atoms with E-state index < -0.39 is 0 Å². The first kappa shape index (κ1) is 38.1. The second-order valence-corrected chi connectivity index (χ2v) is 17.3. The first-order chi connectivity index (χ1) is 26.0. The maximum Gasteiger partial charge on any atom is 0.338 e. The van der Waals surface area contributed by atoms with Crippen LogP contribution in [0.4, 0.5) is 0 Å². The van der Waals surface area contributed by atoms with Crippen LogP contribution in [-0.2, 0) is 23.8 Å². The van der Waals surface area contributed by atoms with E-state index in [1.807, 2.05) is 24.3 Å². The van der Waals surface area contributed by atoms with Crippen molar-refractivity contribution in [1.29, 1.82) is 0 Å².